The average Bonchev–Trinajstić information content (AvgIpc) is 2.45. The fourth-order valence-electron chi connectivity index (χ4n) is 0. The molecule has 0 spiro atoms. The maximum atomic E-state index is 6.25. The maximum absolute atomic E-state index is 6.25. The Bertz CT molecular complexity index is 114. The first-order valence-corrected chi connectivity index (χ1v) is 7.74. The van der Waals surface area contributed by atoms with Crippen LogP contribution in [0.5, 0.6) is 0 Å². The van der Waals surface area contributed by atoms with E-state index in [9.17, 15) is 0 Å². The van der Waals surface area contributed by atoms with Gasteiger partial charge in [-0.25, -0.2) is 0 Å². The Morgan fingerprint density at radius 1 is 0.467 bits per heavy atom. The van der Waals surface area contributed by atoms with Gasteiger partial charge >= 0.3 is 51.3 Å². The van der Waals surface area contributed by atoms with Gasteiger partial charge in [0, 0.05) is 0 Å². The first-order chi connectivity index (χ1) is 7.00. The molecule has 0 aromatic rings. The van der Waals surface area contributed by atoms with Gasteiger partial charge in [-0.2, -0.15) is 0 Å². The molecule has 6 nitrogen and oxygen atoms in total. The van der Waals surface area contributed by atoms with Crippen LogP contribution in [0.25, 0.3) is 0 Å². The molecule has 3 radical (unpaired) electrons. The van der Waals surface area contributed by atoms with E-state index in [1.165, 1.54) is 0 Å². The van der Waals surface area contributed by atoms with Crippen molar-refractivity contribution in [1.29, 1.82) is 31.6 Å². The van der Waals surface area contributed by atoms with Gasteiger partial charge in [0.25, 0.3) is 0 Å². The van der Waals surface area contributed by atoms with Gasteiger partial charge in [0.1, 0.15) is 0 Å². The fraction of sp³-hybridized carbons (Fsp3) is 0. The Labute approximate surface area is 121 Å². The van der Waals surface area contributed by atoms with Crippen LogP contribution in [0.15, 0.2) is 0 Å². The summed E-state index contributed by atoms with van der Waals surface area (Å²) in [6.45, 7) is 28.5. The van der Waals surface area contributed by atoms with E-state index in [0.29, 0.717) is 0 Å². The van der Waals surface area contributed by atoms with Crippen LogP contribution < -0.4 is 0 Å². The Morgan fingerprint density at radius 2 is 0.467 bits per heavy atom. The van der Waals surface area contributed by atoms with Crippen molar-refractivity contribution in [3.05, 3.63) is 39.4 Å². The molecule has 81 valence electrons. The molecule has 0 aromatic carbocycles. The fourth-order valence-corrected chi connectivity index (χ4v) is 0. The third-order valence-electron chi connectivity index (χ3n) is 0. The molecule has 0 saturated heterocycles. The molecule has 9 heteroatoms. The molecule has 0 rings (SSSR count). The molecule has 0 unspecified atom stereocenters. The van der Waals surface area contributed by atoms with Crippen molar-refractivity contribution in [1.82, 2.24) is 0 Å². The van der Waals surface area contributed by atoms with Gasteiger partial charge in [0.15, 0.2) is 0 Å². The van der Waals surface area contributed by atoms with Crippen molar-refractivity contribution in [2.24, 2.45) is 0 Å². The number of nitrogens with zero attached hydrogens (tertiary/aromatic N) is 6. The second-order valence-corrected chi connectivity index (χ2v) is 0. The number of hydrogen-bond acceptors (Lipinski definition) is 6. The monoisotopic (exact) mass is 483 g/mol. The summed E-state index contributed by atoms with van der Waals surface area (Å²) in [5, 5.41) is 37.5. The van der Waals surface area contributed by atoms with Crippen molar-refractivity contribution in [2.45, 2.75) is 0 Å². The first kappa shape index (κ1) is 66.4. The Hall–Kier alpha value is -1.10. The molecule has 0 atom stereocenters. The zero-order chi connectivity index (χ0) is 14.0. The third kappa shape index (κ3) is 1270. The quantitative estimate of drug-likeness (QED) is 0.356. The Balaban J connectivity index is -0.00000000628. The van der Waals surface area contributed by atoms with Gasteiger partial charge in [0.05, 0.1) is 0 Å². The molecule has 0 saturated carbocycles. The molecule has 0 bridgehead atoms. The topological polar surface area (TPSA) is 143 Å². The van der Waals surface area contributed by atoms with Gasteiger partial charge in [-0.1, -0.05) is 0 Å². The minimum atomic E-state index is 0. The van der Waals surface area contributed by atoms with Crippen LogP contribution in [0, 0.1) is 71.0 Å². The van der Waals surface area contributed by atoms with E-state index < -0.39 is 0 Å². The van der Waals surface area contributed by atoms with Gasteiger partial charge in [-0.05, 0) is 0 Å². The predicted octanol–water partition coefficient (Wildman–Crippen LogP) is 0.192. The summed E-state index contributed by atoms with van der Waals surface area (Å²) >= 11 is 4.44. The van der Waals surface area contributed by atoms with Crippen molar-refractivity contribution in [3.8, 4) is 0 Å². The van der Waals surface area contributed by atoms with Crippen molar-refractivity contribution >= 4 is 22.7 Å². The van der Waals surface area contributed by atoms with Crippen LogP contribution >= 0.6 is 0 Å². The van der Waals surface area contributed by atoms with Gasteiger partial charge in [-0.3, -0.25) is 0 Å². The summed E-state index contributed by atoms with van der Waals surface area (Å²) in [5.41, 5.74) is 0. The van der Waals surface area contributed by atoms with Crippen LogP contribution in [-0.4, -0.2) is 22.7 Å². The van der Waals surface area contributed by atoms with Crippen molar-refractivity contribution < 1.29 is 28.5 Å². The molecular weight excluding hydrogens is 483 g/mol. The Kier molecular flexibility index (Phi) is 6700. The second kappa shape index (κ2) is 1510. The van der Waals surface area contributed by atoms with E-state index in [2.05, 4.69) is 11.5 Å². The molecule has 0 aliphatic carbocycles. The summed E-state index contributed by atoms with van der Waals surface area (Å²) in [7, 11) is 0. The Morgan fingerprint density at radius 3 is 0.467 bits per heavy atom. The molecule has 15 heavy (non-hydrogen) atoms. The van der Waals surface area contributed by atoms with E-state index >= 15 is 0 Å². The predicted molar refractivity (Wildman–Crippen MR) is 35.6 cm³/mol. The molecule has 0 aliphatic heterocycles. The minimum absolute atomic E-state index is 0. The van der Waals surface area contributed by atoms with Crippen LogP contribution in [0.1, 0.15) is 0 Å². The van der Waals surface area contributed by atoms with Crippen molar-refractivity contribution in [2.75, 3.05) is 0 Å². The van der Waals surface area contributed by atoms with E-state index in [4.69, 9.17) is 71.0 Å². The van der Waals surface area contributed by atoms with Crippen LogP contribution in [-0.2, 0) is 28.5 Å². The SMILES string of the molecule is [C-]#N.[C-]#N.[C-]#N.[C-]#N.[C-]#N.[C-]#N.[Cu+2].[Fe]=[Pb]. The molecule has 0 N–H and O–H groups in total. The standard InChI is InChI=1S/6CN.Cu.Fe.Pb/c6*1-2;;;/q6*-1;+2;;. The third-order valence-corrected chi connectivity index (χ3v) is 0. The molecule has 0 amide bonds. The molecule has 0 aliphatic rings. The van der Waals surface area contributed by atoms with Crippen LogP contribution in [0.4, 0.5) is 0 Å². The van der Waals surface area contributed by atoms with Crippen LogP contribution in [0.2, 0.25) is 0 Å². The molecule has 0 heterocycles. The summed E-state index contributed by atoms with van der Waals surface area (Å²) in [5.74, 6) is 0. The van der Waals surface area contributed by atoms with Crippen LogP contribution in [0.3, 0.4) is 0 Å². The summed E-state index contributed by atoms with van der Waals surface area (Å²) in [6.07, 6.45) is 0. The zero-order valence-corrected chi connectivity index (χ0v) is 12.8. The van der Waals surface area contributed by atoms with Gasteiger partial charge < -0.3 is 71.0 Å². The van der Waals surface area contributed by atoms with Gasteiger partial charge in [-0.15, -0.1) is 0 Å². The molecule has 0 aromatic heterocycles. The average molecular weight is 483 g/mol. The summed E-state index contributed by atoms with van der Waals surface area (Å²) < 4.78 is 0. The summed E-state index contributed by atoms with van der Waals surface area (Å²) in [6, 6.07) is 0. The molecular formula is C6CuFeN6Pb-4. The summed E-state index contributed by atoms with van der Waals surface area (Å²) in [4.78, 5) is 0. The zero-order valence-electron chi connectivity index (χ0n) is 6.84. The van der Waals surface area contributed by atoms with Gasteiger partial charge in [0.2, 0.25) is 0 Å². The molecule has 0 fully saturated rings. The first-order valence-electron chi connectivity index (χ1n) is 1.52. The van der Waals surface area contributed by atoms with E-state index in [-0.39, 0.29) is 17.1 Å². The van der Waals surface area contributed by atoms with E-state index in [0.717, 1.165) is 22.7 Å². The van der Waals surface area contributed by atoms with Crippen molar-refractivity contribution in [3.63, 3.8) is 0 Å². The second-order valence-electron chi connectivity index (χ2n) is 0. The number of hydrogen-bond donors (Lipinski definition) is 0. The number of rotatable bonds is 0. The normalized spacial score (nSPS) is 1.13. The van der Waals surface area contributed by atoms with E-state index in [1.54, 1.807) is 0 Å². The van der Waals surface area contributed by atoms with E-state index in [1.807, 2.05) is 0 Å².